The molecule has 1 aromatic carbocycles. The van der Waals surface area contributed by atoms with Crippen LogP contribution < -0.4 is 4.74 Å². The largest absolute Gasteiger partial charge is 0.491 e. The number of aryl methyl sites for hydroxylation is 1. The highest BCUT2D eigenvalue weighted by atomic mass is 16.5. The van der Waals surface area contributed by atoms with E-state index in [-0.39, 0.29) is 11.5 Å². The summed E-state index contributed by atoms with van der Waals surface area (Å²) in [5.41, 5.74) is 2.62. The third-order valence-electron chi connectivity index (χ3n) is 4.55. The molecule has 2 nitrogen and oxygen atoms in total. The molecule has 0 aliphatic heterocycles. The van der Waals surface area contributed by atoms with Gasteiger partial charge in [0.15, 0.2) is 0 Å². The van der Waals surface area contributed by atoms with E-state index < -0.39 is 0 Å². The van der Waals surface area contributed by atoms with Crippen LogP contribution >= 0.6 is 0 Å². The van der Waals surface area contributed by atoms with Gasteiger partial charge in [-0.05, 0) is 41.9 Å². The third kappa shape index (κ3) is 4.74. The zero-order chi connectivity index (χ0) is 15.5. The minimum Gasteiger partial charge on any atom is -0.491 e. The summed E-state index contributed by atoms with van der Waals surface area (Å²) in [6.45, 7) is 9.13. The van der Waals surface area contributed by atoms with Crippen molar-refractivity contribution in [2.24, 2.45) is 5.92 Å². The minimum absolute atomic E-state index is 0.158. The van der Waals surface area contributed by atoms with Crippen LogP contribution in [-0.2, 0) is 5.41 Å². The van der Waals surface area contributed by atoms with Crippen molar-refractivity contribution in [2.45, 2.75) is 71.3 Å². The molecule has 1 aliphatic rings. The number of aliphatic hydroxyl groups is 1. The number of rotatable bonds is 5. The smallest absolute Gasteiger partial charge is 0.122 e. The molecule has 21 heavy (non-hydrogen) atoms. The Balaban J connectivity index is 1.87. The van der Waals surface area contributed by atoms with E-state index in [1.807, 2.05) is 6.07 Å². The van der Waals surface area contributed by atoms with Gasteiger partial charge >= 0.3 is 0 Å². The zero-order valence-corrected chi connectivity index (χ0v) is 14.0. The molecule has 1 aliphatic carbocycles. The van der Waals surface area contributed by atoms with E-state index in [0.717, 1.165) is 17.7 Å². The molecule has 1 atom stereocenters. The Bertz CT molecular complexity index is 453. The van der Waals surface area contributed by atoms with E-state index in [2.05, 4.69) is 39.8 Å². The Morgan fingerprint density at radius 3 is 2.48 bits per heavy atom. The van der Waals surface area contributed by atoms with Gasteiger partial charge in [-0.1, -0.05) is 58.6 Å². The lowest BCUT2D eigenvalue weighted by Gasteiger charge is -2.21. The van der Waals surface area contributed by atoms with Crippen LogP contribution in [-0.4, -0.2) is 17.8 Å². The first-order valence-electron chi connectivity index (χ1n) is 8.28. The lowest BCUT2D eigenvalue weighted by atomic mass is 9.86. The Hall–Kier alpha value is -1.02. The first kappa shape index (κ1) is 16.4. The molecule has 1 aromatic rings. The maximum Gasteiger partial charge on any atom is 0.122 e. The molecule has 0 amide bonds. The molecule has 2 rings (SSSR count). The van der Waals surface area contributed by atoms with E-state index >= 15 is 0 Å². The van der Waals surface area contributed by atoms with Crippen LogP contribution in [0, 0.1) is 12.8 Å². The van der Waals surface area contributed by atoms with Crippen molar-refractivity contribution in [2.75, 3.05) is 6.61 Å². The molecule has 1 saturated carbocycles. The summed E-state index contributed by atoms with van der Waals surface area (Å²) in [5, 5.41) is 10.1. The highest BCUT2D eigenvalue weighted by Gasteiger charge is 2.19. The fourth-order valence-corrected chi connectivity index (χ4v) is 3.16. The number of hydrogen-bond donors (Lipinski definition) is 1. The van der Waals surface area contributed by atoms with Crippen molar-refractivity contribution in [1.29, 1.82) is 0 Å². The number of hydrogen-bond acceptors (Lipinski definition) is 2. The second-order valence-corrected chi connectivity index (χ2v) is 7.58. The normalized spacial score (nSPS) is 18.0. The van der Waals surface area contributed by atoms with E-state index in [1.54, 1.807) is 0 Å². The first-order valence-corrected chi connectivity index (χ1v) is 8.28. The molecule has 1 fully saturated rings. The Morgan fingerprint density at radius 1 is 1.24 bits per heavy atom. The van der Waals surface area contributed by atoms with Crippen molar-refractivity contribution >= 4 is 0 Å². The molecule has 0 bridgehead atoms. The van der Waals surface area contributed by atoms with Gasteiger partial charge in [0.25, 0.3) is 0 Å². The van der Waals surface area contributed by atoms with Crippen molar-refractivity contribution in [1.82, 2.24) is 0 Å². The average molecular weight is 290 g/mol. The topological polar surface area (TPSA) is 29.5 Å². The van der Waals surface area contributed by atoms with Crippen molar-refractivity contribution in [3.63, 3.8) is 0 Å². The second kappa shape index (κ2) is 6.83. The van der Waals surface area contributed by atoms with Crippen LogP contribution in [0.25, 0.3) is 0 Å². The molecule has 118 valence electrons. The number of ether oxygens (including phenoxy) is 1. The number of aliphatic hydroxyl groups excluding tert-OH is 1. The molecule has 0 aromatic heterocycles. The maximum atomic E-state index is 10.1. The van der Waals surface area contributed by atoms with Crippen molar-refractivity contribution in [3.8, 4) is 5.75 Å². The molecular weight excluding hydrogens is 260 g/mol. The van der Waals surface area contributed by atoms with Crippen molar-refractivity contribution in [3.05, 3.63) is 29.3 Å². The highest BCUT2D eigenvalue weighted by molar-refractivity contribution is 5.38. The fraction of sp³-hybridized carbons (Fsp3) is 0.684. The summed E-state index contributed by atoms with van der Waals surface area (Å²) in [5.74, 6) is 1.60. The zero-order valence-electron chi connectivity index (χ0n) is 14.0. The minimum atomic E-state index is -0.338. The quantitative estimate of drug-likeness (QED) is 0.858. The number of benzene rings is 1. The molecule has 2 heteroatoms. The summed E-state index contributed by atoms with van der Waals surface area (Å²) in [6, 6.07) is 6.36. The van der Waals surface area contributed by atoms with Crippen LogP contribution in [0.5, 0.6) is 5.75 Å². The third-order valence-corrected chi connectivity index (χ3v) is 4.55. The summed E-state index contributed by atoms with van der Waals surface area (Å²) in [6.07, 6.45) is 5.75. The Morgan fingerprint density at radius 2 is 1.90 bits per heavy atom. The average Bonchev–Trinajstić information content (AvgIpc) is 2.89. The van der Waals surface area contributed by atoms with Crippen molar-refractivity contribution < 1.29 is 9.84 Å². The van der Waals surface area contributed by atoms with Gasteiger partial charge in [0.2, 0.25) is 0 Å². The predicted molar refractivity (Wildman–Crippen MR) is 88.0 cm³/mol. The SMILES string of the molecule is Cc1cc(C(C)(C)C)ccc1OCC(O)CC1CCCC1. The van der Waals surface area contributed by atoms with Crippen LogP contribution in [0.15, 0.2) is 18.2 Å². The van der Waals surface area contributed by atoms with Gasteiger partial charge < -0.3 is 9.84 Å². The highest BCUT2D eigenvalue weighted by Crippen LogP contribution is 2.30. The molecule has 1 unspecified atom stereocenters. The monoisotopic (exact) mass is 290 g/mol. The summed E-state index contributed by atoms with van der Waals surface area (Å²) < 4.78 is 5.83. The molecule has 0 saturated heterocycles. The maximum absolute atomic E-state index is 10.1. The summed E-state index contributed by atoms with van der Waals surface area (Å²) in [4.78, 5) is 0. The lowest BCUT2D eigenvalue weighted by Crippen LogP contribution is -2.20. The van der Waals surface area contributed by atoms with Gasteiger partial charge in [0.1, 0.15) is 12.4 Å². The Kier molecular flexibility index (Phi) is 5.32. The van der Waals surface area contributed by atoms with E-state index in [9.17, 15) is 5.11 Å². The van der Waals surface area contributed by atoms with Crippen LogP contribution in [0.4, 0.5) is 0 Å². The van der Waals surface area contributed by atoms with Crippen LogP contribution in [0.3, 0.4) is 0 Å². The summed E-state index contributed by atoms with van der Waals surface area (Å²) >= 11 is 0. The Labute approximate surface area is 129 Å². The van der Waals surface area contributed by atoms with Crippen LogP contribution in [0.2, 0.25) is 0 Å². The van der Waals surface area contributed by atoms with Gasteiger partial charge in [-0.3, -0.25) is 0 Å². The first-order chi connectivity index (χ1) is 9.86. The van der Waals surface area contributed by atoms with Gasteiger partial charge in [-0.2, -0.15) is 0 Å². The summed E-state index contributed by atoms with van der Waals surface area (Å²) in [7, 11) is 0. The van der Waals surface area contributed by atoms with E-state index in [1.165, 1.54) is 31.2 Å². The van der Waals surface area contributed by atoms with Gasteiger partial charge in [-0.25, -0.2) is 0 Å². The van der Waals surface area contributed by atoms with E-state index in [4.69, 9.17) is 4.74 Å². The van der Waals surface area contributed by atoms with Crippen LogP contribution in [0.1, 0.15) is 64.0 Å². The fourth-order valence-electron chi connectivity index (χ4n) is 3.16. The molecule has 0 heterocycles. The van der Waals surface area contributed by atoms with Gasteiger partial charge in [-0.15, -0.1) is 0 Å². The molecule has 0 radical (unpaired) electrons. The second-order valence-electron chi connectivity index (χ2n) is 7.58. The van der Waals surface area contributed by atoms with E-state index in [0.29, 0.717) is 12.5 Å². The lowest BCUT2D eigenvalue weighted by molar-refractivity contribution is 0.0852. The molecular formula is C19H30O2. The predicted octanol–water partition coefficient (Wildman–Crippen LogP) is 4.61. The molecule has 0 spiro atoms. The molecule has 1 N–H and O–H groups in total. The standard InChI is InChI=1S/C19H30O2/c1-14-11-16(19(2,3)4)9-10-18(14)21-13-17(20)12-15-7-5-6-8-15/h9-11,15,17,20H,5-8,12-13H2,1-4H3. The van der Waals surface area contributed by atoms with Gasteiger partial charge in [0, 0.05) is 0 Å². The van der Waals surface area contributed by atoms with Gasteiger partial charge in [0.05, 0.1) is 6.10 Å².